The molecule has 0 aliphatic heterocycles. The minimum absolute atomic E-state index is 0.0732. The minimum atomic E-state index is -1.18. The van der Waals surface area contributed by atoms with Gasteiger partial charge >= 0.3 is 12.0 Å². The molecule has 0 fully saturated rings. The monoisotopic (exact) mass is 305 g/mol. The Balaban J connectivity index is 2.30. The van der Waals surface area contributed by atoms with Gasteiger partial charge in [0.15, 0.2) is 0 Å². The van der Waals surface area contributed by atoms with E-state index in [1.807, 2.05) is 6.92 Å². The first-order chi connectivity index (χ1) is 10.5. The lowest BCUT2D eigenvalue weighted by molar-refractivity contribution is 0.0698. The summed E-state index contributed by atoms with van der Waals surface area (Å²) in [5.74, 6) is -1.61. The lowest BCUT2D eigenvalue weighted by Gasteiger charge is -2.05. The van der Waals surface area contributed by atoms with Gasteiger partial charge < -0.3 is 20.3 Å². The number of anilines is 1. The Morgan fingerprint density at radius 2 is 2.09 bits per heavy atom. The molecule has 116 valence electrons. The van der Waals surface area contributed by atoms with Crippen LogP contribution in [0.1, 0.15) is 23.7 Å². The molecular weight excluding hydrogens is 289 g/mol. The maximum atomic E-state index is 13.3. The summed E-state index contributed by atoms with van der Waals surface area (Å²) < 4.78 is 14.7. The fourth-order valence-corrected chi connectivity index (χ4v) is 1.92. The molecule has 2 amide bonds. The average Bonchev–Trinajstić information content (AvgIpc) is 2.89. The van der Waals surface area contributed by atoms with Crippen LogP contribution in [0.25, 0.3) is 5.69 Å². The fraction of sp³-hybridized carbons (Fsp3) is 0.200. The van der Waals surface area contributed by atoms with Crippen LogP contribution in [0.15, 0.2) is 36.7 Å². The van der Waals surface area contributed by atoms with Gasteiger partial charge in [-0.15, -0.1) is 0 Å². The topological polar surface area (TPSA) is 83.4 Å². The van der Waals surface area contributed by atoms with Gasteiger partial charge in [0, 0.05) is 24.6 Å². The Morgan fingerprint density at radius 1 is 1.32 bits per heavy atom. The predicted octanol–water partition coefficient (Wildman–Crippen LogP) is 2.85. The number of aromatic nitrogens is 1. The third-order valence-corrected chi connectivity index (χ3v) is 2.95. The van der Waals surface area contributed by atoms with Gasteiger partial charge in [-0.05, 0) is 24.6 Å². The summed E-state index contributed by atoms with van der Waals surface area (Å²) in [6.45, 7) is 2.39. The van der Waals surface area contributed by atoms with E-state index in [9.17, 15) is 19.1 Å². The molecule has 6 nitrogen and oxygen atoms in total. The van der Waals surface area contributed by atoms with Crippen molar-refractivity contribution < 1.29 is 19.1 Å². The molecule has 2 rings (SSSR count). The molecule has 0 atom stereocenters. The van der Waals surface area contributed by atoms with Crippen LogP contribution in [0, 0.1) is 5.82 Å². The molecule has 1 heterocycles. The summed E-state index contributed by atoms with van der Waals surface area (Å²) in [6, 6.07) is 5.23. The number of hydrogen-bond donors (Lipinski definition) is 3. The molecule has 0 bridgehead atoms. The van der Waals surface area contributed by atoms with Gasteiger partial charge in [0.1, 0.15) is 11.4 Å². The summed E-state index contributed by atoms with van der Waals surface area (Å²) in [5.41, 5.74) is 0.533. The Hall–Kier alpha value is -2.83. The number of nitrogens with zero attached hydrogens (tertiary/aromatic N) is 1. The van der Waals surface area contributed by atoms with Crippen LogP contribution >= 0.6 is 0 Å². The number of urea groups is 1. The highest BCUT2D eigenvalue weighted by atomic mass is 19.1. The zero-order valence-electron chi connectivity index (χ0n) is 12.0. The summed E-state index contributed by atoms with van der Waals surface area (Å²) in [6.07, 6.45) is 3.53. The van der Waals surface area contributed by atoms with E-state index >= 15 is 0 Å². The summed E-state index contributed by atoms with van der Waals surface area (Å²) in [7, 11) is 0. The van der Waals surface area contributed by atoms with Crippen LogP contribution in [-0.4, -0.2) is 28.2 Å². The lowest BCUT2D eigenvalue weighted by Crippen LogP contribution is -2.29. The number of carboxylic acid groups (broad SMARTS) is 1. The molecule has 22 heavy (non-hydrogen) atoms. The first-order valence-corrected chi connectivity index (χ1v) is 6.77. The zero-order valence-corrected chi connectivity index (χ0v) is 12.0. The molecule has 0 saturated heterocycles. The SMILES string of the molecule is CCCNC(=O)Nc1cn(-c2cccc(F)c2)cc1C(=O)O. The predicted molar refractivity (Wildman–Crippen MR) is 80.0 cm³/mol. The molecule has 0 saturated carbocycles. The second-order valence-corrected chi connectivity index (χ2v) is 4.66. The van der Waals surface area contributed by atoms with E-state index in [0.717, 1.165) is 6.42 Å². The van der Waals surface area contributed by atoms with Crippen molar-refractivity contribution in [3.63, 3.8) is 0 Å². The normalized spacial score (nSPS) is 10.3. The lowest BCUT2D eigenvalue weighted by atomic mass is 10.3. The Labute approximate surface area is 126 Å². The molecule has 1 aromatic carbocycles. The number of aromatic carboxylic acids is 1. The Kier molecular flexibility index (Phi) is 4.77. The maximum absolute atomic E-state index is 13.3. The van der Waals surface area contributed by atoms with Crippen LogP contribution in [0.3, 0.4) is 0 Å². The van der Waals surface area contributed by atoms with Crippen LogP contribution < -0.4 is 10.6 Å². The standard InChI is InChI=1S/C15H16FN3O3/c1-2-6-17-15(22)18-13-9-19(8-12(13)14(20)21)11-5-3-4-10(16)7-11/h3-5,7-9H,2,6H2,1H3,(H,20,21)(H2,17,18,22). The number of carbonyl (C=O) groups is 2. The van der Waals surface area contributed by atoms with Crippen LogP contribution in [-0.2, 0) is 0 Å². The molecule has 2 aromatic rings. The number of benzene rings is 1. The molecule has 7 heteroatoms. The first-order valence-electron chi connectivity index (χ1n) is 6.77. The molecule has 3 N–H and O–H groups in total. The third kappa shape index (κ3) is 3.63. The quantitative estimate of drug-likeness (QED) is 0.794. The van der Waals surface area contributed by atoms with Crippen LogP contribution in [0.4, 0.5) is 14.9 Å². The minimum Gasteiger partial charge on any atom is -0.478 e. The van der Waals surface area contributed by atoms with E-state index in [1.54, 1.807) is 6.07 Å². The number of amides is 2. The van der Waals surface area contributed by atoms with E-state index in [1.165, 1.54) is 35.2 Å². The van der Waals surface area contributed by atoms with E-state index < -0.39 is 17.8 Å². The highest BCUT2D eigenvalue weighted by Crippen LogP contribution is 2.21. The van der Waals surface area contributed by atoms with Gasteiger partial charge in [-0.25, -0.2) is 14.0 Å². The second-order valence-electron chi connectivity index (χ2n) is 4.66. The van der Waals surface area contributed by atoms with Gasteiger partial charge in [-0.3, -0.25) is 0 Å². The smallest absolute Gasteiger partial charge is 0.339 e. The van der Waals surface area contributed by atoms with Crippen LogP contribution in [0.5, 0.6) is 0 Å². The van der Waals surface area contributed by atoms with E-state index in [-0.39, 0.29) is 11.3 Å². The molecule has 1 aromatic heterocycles. The van der Waals surface area contributed by atoms with Crippen molar-refractivity contribution in [2.24, 2.45) is 0 Å². The van der Waals surface area contributed by atoms with E-state index in [2.05, 4.69) is 10.6 Å². The largest absolute Gasteiger partial charge is 0.478 e. The number of carboxylic acids is 1. The number of halogens is 1. The van der Waals surface area contributed by atoms with Crippen molar-refractivity contribution in [1.29, 1.82) is 0 Å². The van der Waals surface area contributed by atoms with Crippen molar-refractivity contribution in [3.05, 3.63) is 48.0 Å². The molecule has 0 spiro atoms. The Bertz CT molecular complexity index is 697. The van der Waals surface area contributed by atoms with Gasteiger partial charge in [-0.2, -0.15) is 0 Å². The molecular formula is C15H16FN3O3. The molecule has 0 aliphatic rings. The van der Waals surface area contributed by atoms with E-state index in [4.69, 9.17) is 0 Å². The maximum Gasteiger partial charge on any atom is 0.339 e. The van der Waals surface area contributed by atoms with Crippen molar-refractivity contribution in [1.82, 2.24) is 9.88 Å². The van der Waals surface area contributed by atoms with Gasteiger partial charge in [0.05, 0.1) is 5.69 Å². The fourth-order valence-electron chi connectivity index (χ4n) is 1.92. The summed E-state index contributed by atoms with van der Waals surface area (Å²) in [5, 5.41) is 14.3. The zero-order chi connectivity index (χ0) is 16.1. The van der Waals surface area contributed by atoms with E-state index in [0.29, 0.717) is 12.2 Å². The number of nitrogens with one attached hydrogen (secondary N) is 2. The second kappa shape index (κ2) is 6.75. The number of hydrogen-bond acceptors (Lipinski definition) is 2. The van der Waals surface area contributed by atoms with Gasteiger partial charge in [0.25, 0.3) is 0 Å². The molecule has 0 unspecified atom stereocenters. The van der Waals surface area contributed by atoms with Crippen molar-refractivity contribution >= 4 is 17.7 Å². The average molecular weight is 305 g/mol. The summed E-state index contributed by atoms with van der Waals surface area (Å²) >= 11 is 0. The highest BCUT2D eigenvalue weighted by molar-refractivity contribution is 6.00. The highest BCUT2D eigenvalue weighted by Gasteiger charge is 2.16. The molecule has 0 radical (unpaired) electrons. The summed E-state index contributed by atoms with van der Waals surface area (Å²) in [4.78, 5) is 22.9. The van der Waals surface area contributed by atoms with Crippen molar-refractivity contribution in [2.75, 3.05) is 11.9 Å². The van der Waals surface area contributed by atoms with Gasteiger partial charge in [-0.1, -0.05) is 13.0 Å². The Morgan fingerprint density at radius 3 is 2.73 bits per heavy atom. The van der Waals surface area contributed by atoms with Gasteiger partial charge in [0.2, 0.25) is 0 Å². The molecule has 0 aliphatic carbocycles. The van der Waals surface area contributed by atoms with Crippen molar-refractivity contribution in [3.8, 4) is 5.69 Å². The number of carbonyl (C=O) groups excluding carboxylic acids is 1. The third-order valence-electron chi connectivity index (χ3n) is 2.95. The van der Waals surface area contributed by atoms with Crippen LogP contribution in [0.2, 0.25) is 0 Å². The first kappa shape index (κ1) is 15.6. The number of rotatable bonds is 5. The van der Waals surface area contributed by atoms with Crippen molar-refractivity contribution in [2.45, 2.75) is 13.3 Å².